The van der Waals surface area contributed by atoms with Gasteiger partial charge in [0.25, 0.3) is 0 Å². The van der Waals surface area contributed by atoms with E-state index in [1.54, 1.807) is 13.2 Å². The van der Waals surface area contributed by atoms with Gasteiger partial charge in [0, 0.05) is 55.7 Å². The summed E-state index contributed by atoms with van der Waals surface area (Å²) in [6.45, 7) is 8.52. The number of aromatic nitrogens is 2. The minimum absolute atomic E-state index is 0.0547. The minimum Gasteiger partial charge on any atom is -0.384 e. The van der Waals surface area contributed by atoms with Crippen LogP contribution in [0.25, 0.3) is 10.9 Å². The number of amides is 1. The number of rotatable bonds is 10. The molecule has 1 aromatic heterocycles. The number of carbonyl (C=O) groups excluding carboxylic acids is 1. The van der Waals surface area contributed by atoms with Crippen LogP contribution in [0.4, 0.5) is 11.8 Å². The Morgan fingerprint density at radius 3 is 2.68 bits per heavy atom. The van der Waals surface area contributed by atoms with Gasteiger partial charge in [-0.15, -0.1) is 0 Å². The van der Waals surface area contributed by atoms with E-state index in [0.717, 1.165) is 36.7 Å². The van der Waals surface area contributed by atoms with Crippen molar-refractivity contribution >= 4 is 40.2 Å². The summed E-state index contributed by atoms with van der Waals surface area (Å²) in [6.07, 6.45) is 3.05. The second kappa shape index (κ2) is 12.0. The molecule has 2 N–H and O–H groups in total. The van der Waals surface area contributed by atoms with Gasteiger partial charge in [-0.05, 0) is 57.9 Å². The van der Waals surface area contributed by atoms with Crippen molar-refractivity contribution in [1.82, 2.24) is 20.2 Å². The summed E-state index contributed by atoms with van der Waals surface area (Å²) in [4.78, 5) is 26.5. The molecule has 9 heteroatoms. The van der Waals surface area contributed by atoms with Crippen LogP contribution in [-0.4, -0.2) is 79.8 Å². The lowest BCUT2D eigenvalue weighted by atomic mass is 9.80. The Labute approximate surface area is 208 Å². The Hall–Kier alpha value is -2.16. The molecule has 1 fully saturated rings. The van der Waals surface area contributed by atoms with Crippen molar-refractivity contribution in [3.8, 4) is 0 Å². The van der Waals surface area contributed by atoms with Gasteiger partial charge in [-0.1, -0.05) is 18.5 Å². The molecule has 1 aliphatic rings. The van der Waals surface area contributed by atoms with Crippen molar-refractivity contribution < 1.29 is 9.53 Å². The van der Waals surface area contributed by atoms with E-state index in [4.69, 9.17) is 16.3 Å². The monoisotopic (exact) mass is 490 g/mol. The fourth-order valence-electron chi connectivity index (χ4n) is 5.02. The highest BCUT2D eigenvalue weighted by atomic mass is 35.5. The van der Waals surface area contributed by atoms with E-state index in [1.165, 1.54) is 0 Å². The van der Waals surface area contributed by atoms with Crippen LogP contribution in [0, 0.1) is 5.92 Å². The molecule has 3 atom stereocenters. The molecule has 3 rings (SSSR count). The van der Waals surface area contributed by atoms with E-state index in [1.807, 2.05) is 31.1 Å². The molecule has 1 saturated carbocycles. The summed E-state index contributed by atoms with van der Waals surface area (Å²) in [7, 11) is 5.51. The molecule has 3 unspecified atom stereocenters. The maximum absolute atomic E-state index is 12.9. The van der Waals surface area contributed by atoms with Gasteiger partial charge in [0.15, 0.2) is 0 Å². The van der Waals surface area contributed by atoms with E-state index in [-0.39, 0.29) is 18.5 Å². The van der Waals surface area contributed by atoms with Crippen molar-refractivity contribution in [3.63, 3.8) is 0 Å². The van der Waals surface area contributed by atoms with Gasteiger partial charge in [-0.3, -0.25) is 9.69 Å². The molecule has 1 heterocycles. The van der Waals surface area contributed by atoms with Gasteiger partial charge in [-0.25, -0.2) is 4.98 Å². The average molecular weight is 491 g/mol. The molecule has 1 aromatic carbocycles. The van der Waals surface area contributed by atoms with Crippen molar-refractivity contribution in [2.24, 2.45) is 5.92 Å². The third-order valence-electron chi connectivity index (χ3n) is 6.64. The molecular formula is C25H39ClN6O2. The molecule has 2 aromatic rings. The van der Waals surface area contributed by atoms with Gasteiger partial charge in [0.05, 0.1) is 18.7 Å². The number of nitrogens with zero attached hydrogens (tertiary/aromatic N) is 4. The molecule has 0 bridgehead atoms. The number of halogens is 1. The highest BCUT2D eigenvalue weighted by Crippen LogP contribution is 2.30. The summed E-state index contributed by atoms with van der Waals surface area (Å²) < 4.78 is 5.52. The second-order valence-electron chi connectivity index (χ2n) is 9.56. The number of hydrogen-bond donors (Lipinski definition) is 2. The van der Waals surface area contributed by atoms with Crippen LogP contribution in [0.1, 0.15) is 40.0 Å². The van der Waals surface area contributed by atoms with Crippen LogP contribution in [-0.2, 0) is 9.53 Å². The maximum atomic E-state index is 12.9. The number of anilines is 2. The fraction of sp³-hybridized carbons (Fsp3) is 0.640. The normalized spacial score (nSPS) is 20.7. The lowest BCUT2D eigenvalue weighted by Gasteiger charge is -2.42. The first kappa shape index (κ1) is 26.4. The van der Waals surface area contributed by atoms with Crippen LogP contribution in [0.3, 0.4) is 0 Å². The Bertz CT molecular complexity index is 970. The molecule has 0 saturated heterocycles. The van der Waals surface area contributed by atoms with Gasteiger partial charge < -0.3 is 20.3 Å². The van der Waals surface area contributed by atoms with E-state index >= 15 is 0 Å². The standard InChI is InChI=1S/C25H39ClN6O2/c1-7-32(16(2)3)19-9-11-21(17(12-19)15-34-6)28-23(33)14-27-24-20-13-18(26)8-10-22(20)29-25(30-24)31(4)5/h8,10,13,16-17,19,21H,7,9,11-12,14-15H2,1-6H3,(H,28,33)(H,27,29,30). The van der Waals surface area contributed by atoms with Crippen LogP contribution >= 0.6 is 11.6 Å². The highest BCUT2D eigenvalue weighted by molar-refractivity contribution is 6.31. The van der Waals surface area contributed by atoms with Crippen LogP contribution in [0.5, 0.6) is 0 Å². The Morgan fingerprint density at radius 2 is 2.03 bits per heavy atom. The first-order valence-electron chi connectivity index (χ1n) is 12.2. The number of fused-ring (bicyclic) bond motifs is 1. The molecule has 188 valence electrons. The number of ether oxygens (including phenoxy) is 1. The first-order valence-corrected chi connectivity index (χ1v) is 12.5. The number of carbonyl (C=O) groups is 1. The minimum atomic E-state index is -0.0547. The lowest BCUT2D eigenvalue weighted by molar-refractivity contribution is -0.121. The molecular weight excluding hydrogens is 452 g/mol. The lowest BCUT2D eigenvalue weighted by Crippen LogP contribution is -2.52. The third kappa shape index (κ3) is 6.49. The third-order valence-corrected chi connectivity index (χ3v) is 6.88. The van der Waals surface area contributed by atoms with E-state index < -0.39 is 0 Å². The first-order chi connectivity index (χ1) is 16.2. The summed E-state index contributed by atoms with van der Waals surface area (Å²) in [5.41, 5.74) is 0.773. The predicted octanol–water partition coefficient (Wildman–Crippen LogP) is 3.79. The van der Waals surface area contributed by atoms with Crippen LogP contribution < -0.4 is 15.5 Å². The average Bonchev–Trinajstić information content (AvgIpc) is 2.79. The summed E-state index contributed by atoms with van der Waals surface area (Å²) >= 11 is 6.21. The summed E-state index contributed by atoms with van der Waals surface area (Å²) in [6, 6.07) is 6.63. The van der Waals surface area contributed by atoms with E-state index in [2.05, 4.69) is 46.3 Å². The maximum Gasteiger partial charge on any atom is 0.239 e. The van der Waals surface area contributed by atoms with Crippen molar-refractivity contribution in [2.75, 3.05) is 51.1 Å². The topological polar surface area (TPSA) is 82.6 Å². The largest absolute Gasteiger partial charge is 0.384 e. The van der Waals surface area contributed by atoms with Gasteiger partial charge in [0.2, 0.25) is 11.9 Å². The molecule has 0 radical (unpaired) electrons. The van der Waals surface area contributed by atoms with Crippen molar-refractivity contribution in [2.45, 2.75) is 58.2 Å². The van der Waals surface area contributed by atoms with E-state index in [0.29, 0.717) is 41.4 Å². The smallest absolute Gasteiger partial charge is 0.239 e. The molecule has 1 aliphatic carbocycles. The van der Waals surface area contributed by atoms with Crippen LogP contribution in [0.2, 0.25) is 5.02 Å². The molecule has 0 spiro atoms. The predicted molar refractivity (Wildman–Crippen MR) is 140 cm³/mol. The fourth-order valence-corrected chi connectivity index (χ4v) is 5.19. The second-order valence-corrected chi connectivity index (χ2v) is 10.00. The van der Waals surface area contributed by atoms with Gasteiger partial charge in [-0.2, -0.15) is 4.98 Å². The zero-order chi connectivity index (χ0) is 24.8. The summed E-state index contributed by atoms with van der Waals surface area (Å²) in [5.74, 6) is 1.40. The Kier molecular flexibility index (Phi) is 9.33. The zero-order valence-corrected chi connectivity index (χ0v) is 22.0. The Morgan fingerprint density at radius 1 is 1.26 bits per heavy atom. The van der Waals surface area contributed by atoms with Crippen molar-refractivity contribution in [1.29, 1.82) is 0 Å². The zero-order valence-electron chi connectivity index (χ0n) is 21.3. The number of hydrogen-bond acceptors (Lipinski definition) is 7. The SMILES string of the molecule is CCN(C(C)C)C1CCC(NC(=O)CNc2nc(N(C)C)nc3ccc(Cl)cc23)C(COC)C1. The van der Waals surface area contributed by atoms with Gasteiger partial charge in [0.1, 0.15) is 5.82 Å². The Balaban J connectivity index is 1.67. The number of benzene rings is 1. The van der Waals surface area contributed by atoms with E-state index in [9.17, 15) is 4.79 Å². The number of nitrogens with one attached hydrogen (secondary N) is 2. The molecule has 0 aliphatic heterocycles. The van der Waals surface area contributed by atoms with Crippen LogP contribution in [0.15, 0.2) is 18.2 Å². The number of methoxy groups -OCH3 is 1. The van der Waals surface area contributed by atoms with Gasteiger partial charge >= 0.3 is 0 Å². The molecule has 1 amide bonds. The quantitative estimate of drug-likeness (QED) is 0.524. The highest BCUT2D eigenvalue weighted by Gasteiger charge is 2.34. The van der Waals surface area contributed by atoms with Crippen molar-refractivity contribution in [3.05, 3.63) is 23.2 Å². The molecule has 8 nitrogen and oxygen atoms in total. The summed E-state index contributed by atoms with van der Waals surface area (Å²) in [5, 5.41) is 7.85. The molecule has 34 heavy (non-hydrogen) atoms.